The van der Waals surface area contributed by atoms with Gasteiger partial charge in [-0.05, 0) is 50.7 Å². The fourth-order valence-corrected chi connectivity index (χ4v) is 2.01. The first-order valence-electron chi connectivity index (χ1n) is 7.31. The van der Waals surface area contributed by atoms with Gasteiger partial charge in [-0.2, -0.15) is 0 Å². The summed E-state index contributed by atoms with van der Waals surface area (Å²) in [5, 5.41) is 0. The Kier molecular flexibility index (Phi) is 6.14. The molecule has 0 heterocycles. The number of rotatable bonds is 7. The Morgan fingerprint density at radius 3 is 2.42 bits per heavy atom. The van der Waals surface area contributed by atoms with E-state index >= 15 is 0 Å². The maximum atomic E-state index is 5.97. The predicted molar refractivity (Wildman–Crippen MR) is 83.9 cm³/mol. The summed E-state index contributed by atoms with van der Waals surface area (Å²) >= 11 is 0. The third-order valence-corrected chi connectivity index (χ3v) is 3.34. The van der Waals surface area contributed by atoms with Gasteiger partial charge < -0.3 is 4.74 Å². The number of hydrogen-bond acceptors (Lipinski definition) is 1. The molecule has 0 saturated heterocycles. The van der Waals surface area contributed by atoms with Crippen molar-refractivity contribution in [2.75, 3.05) is 0 Å². The highest BCUT2D eigenvalue weighted by Crippen LogP contribution is 2.22. The molecule has 0 bridgehead atoms. The molecule has 0 aliphatic heterocycles. The highest BCUT2D eigenvalue weighted by atomic mass is 16.5. The van der Waals surface area contributed by atoms with Gasteiger partial charge in [0.2, 0.25) is 0 Å². The molecule has 1 nitrogen and oxygen atoms in total. The Balaban J connectivity index is 2.49. The van der Waals surface area contributed by atoms with Gasteiger partial charge in [-0.15, -0.1) is 0 Å². The van der Waals surface area contributed by atoms with Gasteiger partial charge in [-0.1, -0.05) is 50.6 Å². The van der Waals surface area contributed by atoms with Crippen LogP contribution in [0.2, 0.25) is 0 Å². The second kappa shape index (κ2) is 7.37. The van der Waals surface area contributed by atoms with Crippen molar-refractivity contribution in [3.8, 4) is 0 Å². The molecule has 106 valence electrons. The van der Waals surface area contributed by atoms with Gasteiger partial charge in [-0.25, -0.2) is 0 Å². The molecule has 0 aliphatic rings. The van der Waals surface area contributed by atoms with E-state index in [1.807, 2.05) is 12.3 Å². The first kappa shape index (κ1) is 15.8. The van der Waals surface area contributed by atoms with Gasteiger partial charge in [0.25, 0.3) is 0 Å². The summed E-state index contributed by atoms with van der Waals surface area (Å²) in [5.41, 5.74) is 2.32. The van der Waals surface area contributed by atoms with Crippen LogP contribution in [0.4, 0.5) is 0 Å². The fourth-order valence-electron chi connectivity index (χ4n) is 2.01. The first-order chi connectivity index (χ1) is 8.91. The van der Waals surface area contributed by atoms with E-state index in [0.29, 0.717) is 0 Å². The van der Waals surface area contributed by atoms with Crippen molar-refractivity contribution in [1.29, 1.82) is 0 Å². The van der Waals surface area contributed by atoms with Crippen LogP contribution in [-0.2, 0) is 4.74 Å². The minimum Gasteiger partial charge on any atom is -0.495 e. The Bertz CT molecular complexity index is 387. The second-order valence-corrected chi connectivity index (χ2v) is 6.33. The molecule has 0 atom stereocenters. The molecule has 0 spiro atoms. The van der Waals surface area contributed by atoms with E-state index in [-0.39, 0.29) is 5.60 Å². The quantitative estimate of drug-likeness (QED) is 0.574. The molecule has 1 aromatic carbocycles. The lowest BCUT2D eigenvalue weighted by molar-refractivity contribution is 0.0470. The molecule has 0 aliphatic carbocycles. The largest absolute Gasteiger partial charge is 0.495 e. The van der Waals surface area contributed by atoms with E-state index in [2.05, 4.69) is 58.9 Å². The van der Waals surface area contributed by atoms with Gasteiger partial charge in [-0.3, -0.25) is 0 Å². The van der Waals surface area contributed by atoms with Crippen LogP contribution in [0.5, 0.6) is 0 Å². The Hall–Kier alpha value is -1.24. The third kappa shape index (κ3) is 6.47. The van der Waals surface area contributed by atoms with Crippen LogP contribution in [0, 0.1) is 5.92 Å². The molecule has 1 heteroatoms. The zero-order chi connectivity index (χ0) is 14.3. The summed E-state index contributed by atoms with van der Waals surface area (Å²) in [6, 6.07) is 10.4. The summed E-state index contributed by atoms with van der Waals surface area (Å²) < 4.78 is 5.97. The molecule has 0 radical (unpaired) electrons. The summed E-state index contributed by atoms with van der Waals surface area (Å²) in [6.45, 7) is 11.0. The molecule has 1 rings (SSSR count). The van der Waals surface area contributed by atoms with Crippen molar-refractivity contribution in [2.45, 2.75) is 59.5 Å². The summed E-state index contributed by atoms with van der Waals surface area (Å²) in [6.07, 6.45) is 5.51. The topological polar surface area (TPSA) is 9.23 Å². The zero-order valence-electron chi connectivity index (χ0n) is 13.1. The van der Waals surface area contributed by atoms with Crippen LogP contribution in [0.15, 0.2) is 36.6 Å². The minimum atomic E-state index is -0.0784. The summed E-state index contributed by atoms with van der Waals surface area (Å²) in [5.74, 6) is 0.775. The standard InChI is InChI=1S/C18H28O/c1-15(2)10-9-13-18(4,5)19-14-16(3)17-11-7-6-8-12-17/h6-8,11-12,14-15H,9-10,13H2,1-5H3. The monoisotopic (exact) mass is 260 g/mol. The van der Waals surface area contributed by atoms with Crippen molar-refractivity contribution in [3.63, 3.8) is 0 Å². The molecule has 0 amide bonds. The van der Waals surface area contributed by atoms with Crippen LogP contribution < -0.4 is 0 Å². The normalized spacial score (nSPS) is 12.8. The number of hydrogen-bond donors (Lipinski definition) is 0. The molecule has 19 heavy (non-hydrogen) atoms. The smallest absolute Gasteiger partial charge is 0.103 e. The maximum Gasteiger partial charge on any atom is 0.103 e. The fraction of sp³-hybridized carbons (Fsp3) is 0.556. The summed E-state index contributed by atoms with van der Waals surface area (Å²) in [4.78, 5) is 0. The van der Waals surface area contributed by atoms with E-state index in [0.717, 1.165) is 12.3 Å². The molecular formula is C18H28O. The Morgan fingerprint density at radius 2 is 1.84 bits per heavy atom. The first-order valence-corrected chi connectivity index (χ1v) is 7.31. The molecule has 0 unspecified atom stereocenters. The zero-order valence-corrected chi connectivity index (χ0v) is 13.1. The average molecular weight is 260 g/mol. The SMILES string of the molecule is CC(=COC(C)(C)CCCC(C)C)c1ccccc1. The maximum absolute atomic E-state index is 5.97. The number of allylic oxidation sites excluding steroid dienone is 1. The van der Waals surface area contributed by atoms with Crippen molar-refractivity contribution in [2.24, 2.45) is 5.92 Å². The van der Waals surface area contributed by atoms with Crippen molar-refractivity contribution in [1.82, 2.24) is 0 Å². The van der Waals surface area contributed by atoms with Crippen LogP contribution in [0.3, 0.4) is 0 Å². The third-order valence-electron chi connectivity index (χ3n) is 3.34. The van der Waals surface area contributed by atoms with Crippen LogP contribution in [-0.4, -0.2) is 5.60 Å². The molecule has 1 aromatic rings. The Labute approximate surface area is 118 Å². The van der Waals surface area contributed by atoms with E-state index in [1.54, 1.807) is 0 Å². The highest BCUT2D eigenvalue weighted by molar-refractivity contribution is 5.62. The number of ether oxygens (including phenoxy) is 1. The van der Waals surface area contributed by atoms with Gasteiger partial charge in [0, 0.05) is 0 Å². The Morgan fingerprint density at radius 1 is 1.21 bits per heavy atom. The van der Waals surface area contributed by atoms with Gasteiger partial charge >= 0.3 is 0 Å². The number of benzene rings is 1. The van der Waals surface area contributed by atoms with E-state index in [9.17, 15) is 0 Å². The average Bonchev–Trinajstić information content (AvgIpc) is 2.36. The lowest BCUT2D eigenvalue weighted by atomic mass is 9.97. The molecule has 0 N–H and O–H groups in total. The molecule has 0 fully saturated rings. The van der Waals surface area contributed by atoms with Crippen molar-refractivity contribution in [3.05, 3.63) is 42.2 Å². The second-order valence-electron chi connectivity index (χ2n) is 6.33. The lowest BCUT2D eigenvalue weighted by Gasteiger charge is -2.25. The van der Waals surface area contributed by atoms with Gasteiger partial charge in [0.1, 0.15) is 5.60 Å². The van der Waals surface area contributed by atoms with Crippen molar-refractivity contribution >= 4 is 5.57 Å². The summed E-state index contributed by atoms with van der Waals surface area (Å²) in [7, 11) is 0. The molecular weight excluding hydrogens is 232 g/mol. The van der Waals surface area contributed by atoms with Crippen LogP contribution in [0.25, 0.3) is 5.57 Å². The predicted octanol–water partition coefficient (Wildman–Crippen LogP) is 5.67. The van der Waals surface area contributed by atoms with Gasteiger partial charge in [0.15, 0.2) is 0 Å². The van der Waals surface area contributed by atoms with E-state index in [1.165, 1.54) is 24.0 Å². The van der Waals surface area contributed by atoms with Gasteiger partial charge in [0.05, 0.1) is 6.26 Å². The van der Waals surface area contributed by atoms with Crippen LogP contribution >= 0.6 is 0 Å². The highest BCUT2D eigenvalue weighted by Gasteiger charge is 2.17. The minimum absolute atomic E-state index is 0.0784. The molecule has 0 aromatic heterocycles. The van der Waals surface area contributed by atoms with E-state index < -0.39 is 0 Å². The lowest BCUT2D eigenvalue weighted by Crippen LogP contribution is -2.21. The van der Waals surface area contributed by atoms with E-state index in [4.69, 9.17) is 4.74 Å². The van der Waals surface area contributed by atoms with Crippen molar-refractivity contribution < 1.29 is 4.74 Å². The van der Waals surface area contributed by atoms with Crippen LogP contribution in [0.1, 0.15) is 59.4 Å². The molecule has 0 saturated carbocycles.